The molecular formula is C16H21N5O3. The quantitative estimate of drug-likeness (QED) is 0.672. The molecule has 0 radical (unpaired) electrons. The van der Waals surface area contributed by atoms with Gasteiger partial charge in [0.2, 0.25) is 11.8 Å². The lowest BCUT2D eigenvalue weighted by Crippen LogP contribution is -2.33. The number of hydrogen-bond donors (Lipinski definition) is 3. The van der Waals surface area contributed by atoms with E-state index >= 15 is 0 Å². The fourth-order valence-electron chi connectivity index (χ4n) is 1.98. The van der Waals surface area contributed by atoms with Crippen LogP contribution in [0.4, 0.5) is 16.3 Å². The fourth-order valence-corrected chi connectivity index (χ4v) is 1.98. The topological polar surface area (TPSA) is 97.4 Å². The van der Waals surface area contributed by atoms with Crippen LogP contribution < -0.4 is 25.4 Å². The molecule has 128 valence electrons. The maximum atomic E-state index is 11.9. The monoisotopic (exact) mass is 331 g/mol. The highest BCUT2D eigenvalue weighted by Crippen LogP contribution is 2.24. The average molecular weight is 331 g/mol. The molecule has 0 atom stereocenters. The van der Waals surface area contributed by atoms with Crippen LogP contribution in [0.2, 0.25) is 0 Å². The molecule has 3 N–H and O–H groups in total. The summed E-state index contributed by atoms with van der Waals surface area (Å²) in [5.41, 5.74) is 1.51. The number of carbonyl (C=O) groups excluding carboxylic acids is 1. The van der Waals surface area contributed by atoms with Crippen molar-refractivity contribution in [2.45, 2.75) is 6.92 Å². The van der Waals surface area contributed by atoms with E-state index in [9.17, 15) is 4.79 Å². The summed E-state index contributed by atoms with van der Waals surface area (Å²) in [6.07, 6.45) is 1.72. The Hall–Kier alpha value is -3.03. The van der Waals surface area contributed by atoms with E-state index in [0.717, 1.165) is 11.4 Å². The van der Waals surface area contributed by atoms with E-state index in [0.29, 0.717) is 24.7 Å². The number of aryl methyl sites for hydroxylation is 1. The Morgan fingerprint density at radius 2 is 2.00 bits per heavy atom. The van der Waals surface area contributed by atoms with Gasteiger partial charge in [0.1, 0.15) is 11.5 Å². The summed E-state index contributed by atoms with van der Waals surface area (Å²) in [6.45, 7) is 2.97. The molecule has 0 aromatic carbocycles. The van der Waals surface area contributed by atoms with Gasteiger partial charge in [0.25, 0.3) is 0 Å². The first-order chi connectivity index (χ1) is 11.6. The zero-order chi connectivity index (χ0) is 17.4. The van der Waals surface area contributed by atoms with Crippen molar-refractivity contribution >= 4 is 17.5 Å². The van der Waals surface area contributed by atoms with Gasteiger partial charge < -0.3 is 25.4 Å². The van der Waals surface area contributed by atoms with E-state index in [2.05, 4.69) is 25.9 Å². The van der Waals surface area contributed by atoms with Crippen LogP contribution in [-0.4, -0.2) is 43.3 Å². The summed E-state index contributed by atoms with van der Waals surface area (Å²) < 4.78 is 10.1. The molecule has 0 saturated carbocycles. The molecule has 0 bridgehead atoms. The maximum absolute atomic E-state index is 11.9. The van der Waals surface area contributed by atoms with Gasteiger partial charge in [0.05, 0.1) is 14.2 Å². The zero-order valence-corrected chi connectivity index (χ0v) is 13.9. The summed E-state index contributed by atoms with van der Waals surface area (Å²) >= 11 is 0. The maximum Gasteiger partial charge on any atom is 0.319 e. The molecule has 2 heterocycles. The van der Waals surface area contributed by atoms with Gasteiger partial charge in [-0.2, -0.15) is 4.98 Å². The number of ether oxygens (including phenoxy) is 2. The summed E-state index contributed by atoms with van der Waals surface area (Å²) in [6, 6.07) is 6.81. The van der Waals surface area contributed by atoms with Gasteiger partial charge in [-0.3, -0.25) is 0 Å². The molecule has 24 heavy (non-hydrogen) atoms. The summed E-state index contributed by atoms with van der Waals surface area (Å²) in [5.74, 6) is 1.50. The van der Waals surface area contributed by atoms with E-state index in [1.54, 1.807) is 18.3 Å². The van der Waals surface area contributed by atoms with Gasteiger partial charge in [0, 0.05) is 25.4 Å². The van der Waals surface area contributed by atoms with Gasteiger partial charge in [-0.1, -0.05) is 6.07 Å². The SMILES string of the molecule is COc1ccc(NC(=O)NCCNc2ncccc2C)c(OC)n1. The second-order valence-corrected chi connectivity index (χ2v) is 4.89. The van der Waals surface area contributed by atoms with Crippen molar-refractivity contribution in [2.24, 2.45) is 0 Å². The first-order valence-corrected chi connectivity index (χ1v) is 7.43. The van der Waals surface area contributed by atoms with Crippen molar-refractivity contribution in [3.8, 4) is 11.8 Å². The molecule has 2 aromatic rings. The van der Waals surface area contributed by atoms with Crippen LogP contribution in [0.1, 0.15) is 5.56 Å². The van der Waals surface area contributed by atoms with Gasteiger partial charge in [-0.15, -0.1) is 0 Å². The average Bonchev–Trinajstić information content (AvgIpc) is 2.60. The molecule has 0 aliphatic heterocycles. The number of nitrogens with one attached hydrogen (secondary N) is 3. The lowest BCUT2D eigenvalue weighted by Gasteiger charge is -2.12. The number of hydrogen-bond acceptors (Lipinski definition) is 6. The van der Waals surface area contributed by atoms with E-state index in [1.807, 2.05) is 19.1 Å². The number of methoxy groups -OCH3 is 2. The number of anilines is 2. The number of amides is 2. The van der Waals surface area contributed by atoms with Crippen molar-refractivity contribution < 1.29 is 14.3 Å². The minimum Gasteiger partial charge on any atom is -0.481 e. The van der Waals surface area contributed by atoms with Crippen molar-refractivity contribution in [2.75, 3.05) is 37.9 Å². The Balaban J connectivity index is 1.80. The van der Waals surface area contributed by atoms with Crippen LogP contribution in [0.5, 0.6) is 11.8 Å². The predicted octanol–water partition coefficient (Wildman–Crippen LogP) is 2.04. The van der Waals surface area contributed by atoms with E-state index in [1.165, 1.54) is 14.2 Å². The Kier molecular flexibility index (Phi) is 6.18. The lowest BCUT2D eigenvalue weighted by molar-refractivity contribution is 0.252. The normalized spacial score (nSPS) is 9.96. The highest BCUT2D eigenvalue weighted by molar-refractivity contribution is 5.90. The van der Waals surface area contributed by atoms with Gasteiger partial charge in [0.15, 0.2) is 0 Å². The number of rotatable bonds is 7. The Labute approximate surface area is 140 Å². The minimum atomic E-state index is -0.347. The highest BCUT2D eigenvalue weighted by Gasteiger charge is 2.09. The Bertz CT molecular complexity index is 693. The molecule has 2 rings (SSSR count). The second kappa shape index (κ2) is 8.56. The van der Waals surface area contributed by atoms with Crippen molar-refractivity contribution in [1.29, 1.82) is 0 Å². The number of nitrogens with zero attached hydrogens (tertiary/aromatic N) is 2. The molecule has 8 heteroatoms. The molecule has 8 nitrogen and oxygen atoms in total. The number of carbonyl (C=O) groups is 1. The summed E-state index contributed by atoms with van der Waals surface area (Å²) in [5, 5.41) is 8.59. The standard InChI is InChI=1S/C16H21N5O3/c1-11-5-4-8-17-14(11)18-9-10-19-16(22)20-12-6-7-13(23-2)21-15(12)24-3/h4-8H,9-10H2,1-3H3,(H,17,18)(H2,19,20,22). The van der Waals surface area contributed by atoms with Gasteiger partial charge in [-0.05, 0) is 24.6 Å². The Morgan fingerprint density at radius 1 is 1.17 bits per heavy atom. The molecule has 2 aromatic heterocycles. The second-order valence-electron chi connectivity index (χ2n) is 4.89. The molecule has 0 fully saturated rings. The lowest BCUT2D eigenvalue weighted by atomic mass is 10.3. The molecular weight excluding hydrogens is 310 g/mol. The van der Waals surface area contributed by atoms with Crippen molar-refractivity contribution in [1.82, 2.24) is 15.3 Å². The van der Waals surface area contributed by atoms with Crippen LogP contribution >= 0.6 is 0 Å². The summed E-state index contributed by atoms with van der Waals surface area (Å²) in [7, 11) is 2.99. The molecule has 0 saturated heterocycles. The fraction of sp³-hybridized carbons (Fsp3) is 0.312. The number of aromatic nitrogens is 2. The van der Waals surface area contributed by atoms with Crippen LogP contribution in [0.3, 0.4) is 0 Å². The Morgan fingerprint density at radius 3 is 2.71 bits per heavy atom. The third kappa shape index (κ3) is 4.73. The molecule has 0 aliphatic carbocycles. The van der Waals surface area contributed by atoms with Crippen molar-refractivity contribution in [3.05, 3.63) is 36.0 Å². The predicted molar refractivity (Wildman–Crippen MR) is 91.8 cm³/mol. The highest BCUT2D eigenvalue weighted by atomic mass is 16.5. The minimum absolute atomic E-state index is 0.284. The largest absolute Gasteiger partial charge is 0.481 e. The first-order valence-electron chi connectivity index (χ1n) is 7.43. The number of urea groups is 1. The third-order valence-corrected chi connectivity index (χ3v) is 3.20. The van der Waals surface area contributed by atoms with E-state index in [4.69, 9.17) is 9.47 Å². The molecule has 2 amide bonds. The third-order valence-electron chi connectivity index (χ3n) is 3.20. The van der Waals surface area contributed by atoms with E-state index < -0.39 is 0 Å². The molecule has 0 spiro atoms. The van der Waals surface area contributed by atoms with Gasteiger partial charge in [-0.25, -0.2) is 9.78 Å². The molecule has 0 aliphatic rings. The zero-order valence-electron chi connectivity index (χ0n) is 13.9. The van der Waals surface area contributed by atoms with Crippen LogP contribution in [0, 0.1) is 6.92 Å². The molecule has 0 unspecified atom stereocenters. The van der Waals surface area contributed by atoms with Crippen molar-refractivity contribution in [3.63, 3.8) is 0 Å². The van der Waals surface area contributed by atoms with Crippen LogP contribution in [0.15, 0.2) is 30.5 Å². The smallest absolute Gasteiger partial charge is 0.319 e. The first kappa shape index (κ1) is 17.3. The van der Waals surface area contributed by atoms with Gasteiger partial charge >= 0.3 is 6.03 Å². The van der Waals surface area contributed by atoms with E-state index in [-0.39, 0.29) is 11.9 Å². The number of pyridine rings is 2. The summed E-state index contributed by atoms with van der Waals surface area (Å²) in [4.78, 5) is 20.3. The van der Waals surface area contributed by atoms with Crippen LogP contribution in [0.25, 0.3) is 0 Å². The van der Waals surface area contributed by atoms with Crippen LogP contribution in [-0.2, 0) is 0 Å².